The van der Waals surface area contributed by atoms with Crippen LogP contribution in [-0.4, -0.2) is 39.4 Å². The Balaban J connectivity index is 1.90. The van der Waals surface area contributed by atoms with Crippen LogP contribution in [0, 0.1) is 27.7 Å². The molecule has 0 bridgehead atoms. The molecule has 3 aromatic carbocycles. The van der Waals surface area contributed by atoms with E-state index in [1.807, 2.05) is 63.2 Å². The van der Waals surface area contributed by atoms with Crippen molar-refractivity contribution in [2.45, 2.75) is 52.1 Å². The molecule has 198 valence electrons. The van der Waals surface area contributed by atoms with Gasteiger partial charge in [-0.15, -0.1) is 0 Å². The molecule has 0 radical (unpaired) electrons. The molecule has 1 N–H and O–H groups in total. The summed E-state index contributed by atoms with van der Waals surface area (Å²) in [6.45, 7) is 9.08. The Morgan fingerprint density at radius 1 is 0.865 bits per heavy atom. The summed E-state index contributed by atoms with van der Waals surface area (Å²) in [5, 5.41) is 2.93. The summed E-state index contributed by atoms with van der Waals surface area (Å²) in [5.74, 6) is 0.736. The number of aryl methyl sites for hydroxylation is 4. The number of rotatable bonds is 10. The number of nitrogens with zero attached hydrogens (tertiary/aromatic N) is 1. The Morgan fingerprint density at radius 3 is 2.03 bits per heavy atom. The Hall–Kier alpha value is -3.36. The second-order valence-electron chi connectivity index (χ2n) is 9.39. The number of sulfonamides is 1. The number of hydrogen-bond acceptors (Lipinski definition) is 5. The maximum atomic E-state index is 13.9. The van der Waals surface area contributed by atoms with E-state index >= 15 is 0 Å². The zero-order valence-corrected chi connectivity index (χ0v) is 23.4. The highest BCUT2D eigenvalue weighted by Crippen LogP contribution is 2.30. The maximum absolute atomic E-state index is 13.9. The summed E-state index contributed by atoms with van der Waals surface area (Å²) < 4.78 is 39.7. The van der Waals surface area contributed by atoms with Crippen molar-refractivity contribution >= 4 is 15.9 Å². The number of benzene rings is 3. The first kappa shape index (κ1) is 28.2. The van der Waals surface area contributed by atoms with Gasteiger partial charge in [0.25, 0.3) is 0 Å². The number of amides is 1. The number of nitrogens with one attached hydrogen (secondary N) is 1. The van der Waals surface area contributed by atoms with Crippen LogP contribution in [0.5, 0.6) is 11.5 Å². The third-order valence-corrected chi connectivity index (χ3v) is 8.39. The summed E-state index contributed by atoms with van der Waals surface area (Å²) in [6.07, 6.45) is 0. The number of methoxy groups -OCH3 is 2. The SMILES string of the molecule is COc1ccc([C@H](C)NC(=O)CN(Cc2ccc(C)cc2)S(=O)(=O)c2c(C)cc(C)cc2C)cc1OC. The molecule has 0 saturated carbocycles. The lowest BCUT2D eigenvalue weighted by atomic mass is 10.1. The van der Waals surface area contributed by atoms with Gasteiger partial charge in [-0.25, -0.2) is 8.42 Å². The third kappa shape index (κ3) is 6.70. The Bertz CT molecular complexity index is 1340. The molecule has 0 saturated heterocycles. The first-order chi connectivity index (χ1) is 17.5. The average Bonchev–Trinajstić information content (AvgIpc) is 2.83. The van der Waals surface area contributed by atoms with Crippen molar-refractivity contribution in [3.05, 3.63) is 88.0 Å². The topological polar surface area (TPSA) is 84.9 Å². The smallest absolute Gasteiger partial charge is 0.244 e. The molecule has 1 amide bonds. The minimum Gasteiger partial charge on any atom is -0.493 e. The minimum absolute atomic E-state index is 0.0769. The van der Waals surface area contributed by atoms with Crippen LogP contribution in [0.25, 0.3) is 0 Å². The van der Waals surface area contributed by atoms with Crippen LogP contribution >= 0.6 is 0 Å². The van der Waals surface area contributed by atoms with Gasteiger partial charge >= 0.3 is 0 Å². The average molecular weight is 525 g/mol. The van der Waals surface area contributed by atoms with Crippen LogP contribution in [0.4, 0.5) is 0 Å². The largest absolute Gasteiger partial charge is 0.493 e. The van der Waals surface area contributed by atoms with Gasteiger partial charge in [-0.2, -0.15) is 4.31 Å². The molecule has 0 spiro atoms. The molecule has 0 fully saturated rings. The summed E-state index contributed by atoms with van der Waals surface area (Å²) in [4.78, 5) is 13.4. The molecule has 7 nitrogen and oxygen atoms in total. The summed E-state index contributed by atoms with van der Waals surface area (Å²) in [7, 11) is -0.859. The quantitative estimate of drug-likeness (QED) is 0.403. The van der Waals surface area contributed by atoms with Crippen molar-refractivity contribution in [1.29, 1.82) is 0 Å². The Kier molecular flexibility index (Phi) is 8.99. The molecule has 0 aromatic heterocycles. The predicted octanol–water partition coefficient (Wildman–Crippen LogP) is 5.01. The fourth-order valence-electron chi connectivity index (χ4n) is 4.48. The molecule has 3 aromatic rings. The number of hydrogen-bond donors (Lipinski definition) is 1. The van der Waals surface area contributed by atoms with E-state index < -0.39 is 15.9 Å². The van der Waals surface area contributed by atoms with Crippen LogP contribution in [-0.2, 0) is 21.4 Å². The second kappa shape index (κ2) is 11.8. The fourth-order valence-corrected chi connectivity index (χ4v) is 6.27. The molecule has 0 aliphatic rings. The zero-order chi connectivity index (χ0) is 27.3. The maximum Gasteiger partial charge on any atom is 0.244 e. The van der Waals surface area contributed by atoms with E-state index in [0.717, 1.165) is 22.3 Å². The van der Waals surface area contributed by atoms with Gasteiger partial charge in [0.1, 0.15) is 0 Å². The van der Waals surface area contributed by atoms with Crippen molar-refractivity contribution in [3.8, 4) is 11.5 Å². The van der Waals surface area contributed by atoms with Gasteiger partial charge in [0.2, 0.25) is 15.9 Å². The van der Waals surface area contributed by atoms with E-state index in [1.165, 1.54) is 4.31 Å². The summed E-state index contributed by atoms with van der Waals surface area (Å²) in [6, 6.07) is 16.4. The highest BCUT2D eigenvalue weighted by molar-refractivity contribution is 7.89. The van der Waals surface area contributed by atoms with E-state index in [-0.39, 0.29) is 24.0 Å². The number of carbonyl (C=O) groups excluding carboxylic acids is 1. The lowest BCUT2D eigenvalue weighted by Gasteiger charge is -2.25. The molecule has 0 aliphatic heterocycles. The van der Waals surface area contributed by atoms with Crippen molar-refractivity contribution in [1.82, 2.24) is 9.62 Å². The van der Waals surface area contributed by atoms with Gasteiger partial charge in [0.05, 0.1) is 31.7 Å². The first-order valence-electron chi connectivity index (χ1n) is 12.1. The van der Waals surface area contributed by atoms with Gasteiger partial charge in [-0.1, -0.05) is 53.6 Å². The Morgan fingerprint density at radius 2 is 1.46 bits per heavy atom. The normalized spacial score (nSPS) is 12.3. The van der Waals surface area contributed by atoms with Crippen LogP contribution in [0.1, 0.15) is 46.3 Å². The van der Waals surface area contributed by atoms with E-state index in [2.05, 4.69) is 5.32 Å². The minimum atomic E-state index is -3.97. The third-order valence-electron chi connectivity index (χ3n) is 6.29. The van der Waals surface area contributed by atoms with Crippen LogP contribution in [0.15, 0.2) is 59.5 Å². The summed E-state index contributed by atoms with van der Waals surface area (Å²) in [5.41, 5.74) is 4.99. The number of ether oxygens (including phenoxy) is 2. The monoisotopic (exact) mass is 524 g/mol. The van der Waals surface area contributed by atoms with Gasteiger partial charge in [-0.05, 0) is 69.0 Å². The van der Waals surface area contributed by atoms with E-state index in [4.69, 9.17) is 9.47 Å². The van der Waals surface area contributed by atoms with Gasteiger partial charge < -0.3 is 14.8 Å². The van der Waals surface area contributed by atoms with E-state index in [9.17, 15) is 13.2 Å². The second-order valence-corrected chi connectivity index (χ2v) is 11.3. The van der Waals surface area contributed by atoms with Crippen molar-refractivity contribution in [2.24, 2.45) is 0 Å². The Labute approximate surface area is 220 Å². The highest BCUT2D eigenvalue weighted by atomic mass is 32.2. The molecule has 8 heteroatoms. The lowest BCUT2D eigenvalue weighted by molar-refractivity contribution is -0.122. The summed E-state index contributed by atoms with van der Waals surface area (Å²) >= 11 is 0. The molecule has 0 heterocycles. The van der Waals surface area contributed by atoms with Crippen molar-refractivity contribution < 1.29 is 22.7 Å². The van der Waals surface area contributed by atoms with Crippen LogP contribution in [0.2, 0.25) is 0 Å². The standard InChI is InChI=1S/C29H36N2O5S/c1-19-8-10-24(11-9-19)17-31(37(33,34)29-21(3)14-20(2)15-22(29)4)18-28(32)30-23(5)25-12-13-26(35-6)27(16-25)36-7/h8-16,23H,17-18H2,1-7H3,(H,30,32)/t23-/m0/s1. The lowest BCUT2D eigenvalue weighted by Crippen LogP contribution is -2.41. The predicted molar refractivity (Wildman–Crippen MR) is 146 cm³/mol. The van der Waals surface area contributed by atoms with Gasteiger partial charge in [0.15, 0.2) is 11.5 Å². The molecule has 0 unspecified atom stereocenters. The molecule has 37 heavy (non-hydrogen) atoms. The molecule has 3 rings (SSSR count). The van der Waals surface area contributed by atoms with Crippen molar-refractivity contribution in [2.75, 3.05) is 20.8 Å². The first-order valence-corrected chi connectivity index (χ1v) is 13.5. The van der Waals surface area contributed by atoms with E-state index in [0.29, 0.717) is 22.6 Å². The van der Waals surface area contributed by atoms with E-state index in [1.54, 1.807) is 40.2 Å². The highest BCUT2D eigenvalue weighted by Gasteiger charge is 2.30. The zero-order valence-electron chi connectivity index (χ0n) is 22.6. The fraction of sp³-hybridized carbons (Fsp3) is 0.345. The van der Waals surface area contributed by atoms with Gasteiger partial charge in [-0.3, -0.25) is 4.79 Å². The number of carbonyl (C=O) groups is 1. The van der Waals surface area contributed by atoms with Crippen LogP contribution in [0.3, 0.4) is 0 Å². The molecule has 1 atom stereocenters. The molecular formula is C29H36N2O5S. The van der Waals surface area contributed by atoms with Crippen molar-refractivity contribution in [3.63, 3.8) is 0 Å². The van der Waals surface area contributed by atoms with Crippen LogP contribution < -0.4 is 14.8 Å². The molecular weight excluding hydrogens is 488 g/mol. The molecule has 0 aliphatic carbocycles. The van der Waals surface area contributed by atoms with Gasteiger partial charge in [0, 0.05) is 6.54 Å².